The minimum atomic E-state index is -0.585. The summed E-state index contributed by atoms with van der Waals surface area (Å²) < 4.78 is 11.5. The van der Waals surface area contributed by atoms with Crippen molar-refractivity contribution in [1.82, 2.24) is 10.2 Å². The second-order valence-electron chi connectivity index (χ2n) is 8.00. The maximum absolute atomic E-state index is 12.8. The van der Waals surface area contributed by atoms with Crippen molar-refractivity contribution in [3.05, 3.63) is 33.0 Å². The Balaban J connectivity index is 1.74. The number of rotatable bonds is 3. The lowest BCUT2D eigenvalue weighted by Crippen LogP contribution is -2.42. The van der Waals surface area contributed by atoms with Crippen molar-refractivity contribution in [2.75, 3.05) is 5.32 Å². The summed E-state index contributed by atoms with van der Waals surface area (Å²) in [6.07, 6.45) is 0.545. The first-order valence-corrected chi connectivity index (χ1v) is 9.52. The molecule has 27 heavy (non-hydrogen) atoms. The minimum absolute atomic E-state index is 0.341. The smallest absolute Gasteiger partial charge is 0.274 e. The van der Waals surface area contributed by atoms with Crippen molar-refractivity contribution >= 4 is 28.2 Å². The zero-order valence-electron chi connectivity index (χ0n) is 15.7. The molecule has 0 fully saturated rings. The summed E-state index contributed by atoms with van der Waals surface area (Å²) in [6, 6.07) is 0. The van der Waals surface area contributed by atoms with Crippen LogP contribution in [-0.4, -0.2) is 27.6 Å². The Bertz CT molecular complexity index is 957. The van der Waals surface area contributed by atoms with Gasteiger partial charge in [-0.1, -0.05) is 0 Å². The summed E-state index contributed by atoms with van der Waals surface area (Å²) in [5, 5.41) is 10.1. The Morgan fingerprint density at radius 2 is 1.96 bits per heavy atom. The van der Waals surface area contributed by atoms with Gasteiger partial charge in [-0.25, -0.2) is 0 Å². The lowest BCUT2D eigenvalue weighted by atomic mass is 9.86. The zero-order valence-corrected chi connectivity index (χ0v) is 16.5. The van der Waals surface area contributed by atoms with Gasteiger partial charge in [0, 0.05) is 16.9 Å². The van der Waals surface area contributed by atoms with Crippen molar-refractivity contribution in [3.63, 3.8) is 0 Å². The second-order valence-corrected chi connectivity index (χ2v) is 9.02. The molecule has 0 atom stereocenters. The third kappa shape index (κ3) is 2.95. The van der Waals surface area contributed by atoms with Crippen LogP contribution < -0.4 is 11.1 Å². The number of thiophene rings is 1. The highest BCUT2D eigenvalue weighted by atomic mass is 32.1. The SMILES string of the molecule is CC1(C)Cc2c(sc(NC(=O)c3[nH]nc4c3COC4)c2C(N)=O)C(C)(C)O1. The van der Waals surface area contributed by atoms with Crippen LogP contribution in [0.1, 0.15) is 70.2 Å². The minimum Gasteiger partial charge on any atom is -0.370 e. The molecule has 4 rings (SSSR count). The number of anilines is 1. The average Bonchev–Trinajstić information content (AvgIpc) is 3.18. The number of aromatic nitrogens is 2. The van der Waals surface area contributed by atoms with Gasteiger partial charge < -0.3 is 20.5 Å². The third-order valence-electron chi connectivity index (χ3n) is 4.83. The van der Waals surface area contributed by atoms with Gasteiger partial charge in [-0.3, -0.25) is 14.7 Å². The third-order valence-corrected chi connectivity index (χ3v) is 6.28. The molecule has 0 aromatic carbocycles. The van der Waals surface area contributed by atoms with Crippen molar-refractivity contribution in [1.29, 1.82) is 0 Å². The largest absolute Gasteiger partial charge is 0.370 e. The molecule has 2 aromatic heterocycles. The Hall–Kier alpha value is -2.23. The number of hydrogen-bond acceptors (Lipinski definition) is 6. The molecule has 0 aliphatic carbocycles. The van der Waals surface area contributed by atoms with E-state index in [9.17, 15) is 9.59 Å². The monoisotopic (exact) mass is 390 g/mol. The molecule has 0 bridgehead atoms. The van der Waals surface area contributed by atoms with E-state index in [-0.39, 0.29) is 5.91 Å². The van der Waals surface area contributed by atoms with E-state index in [1.54, 1.807) is 0 Å². The number of aromatic amines is 1. The molecule has 2 amide bonds. The van der Waals surface area contributed by atoms with E-state index < -0.39 is 17.1 Å². The van der Waals surface area contributed by atoms with Crippen LogP contribution >= 0.6 is 11.3 Å². The van der Waals surface area contributed by atoms with Gasteiger partial charge in [0.2, 0.25) is 0 Å². The molecule has 9 heteroatoms. The van der Waals surface area contributed by atoms with Crippen LogP contribution in [0.5, 0.6) is 0 Å². The van der Waals surface area contributed by atoms with E-state index >= 15 is 0 Å². The highest BCUT2D eigenvalue weighted by Crippen LogP contribution is 2.48. The first-order chi connectivity index (χ1) is 12.6. The molecule has 0 radical (unpaired) electrons. The van der Waals surface area contributed by atoms with Crippen LogP contribution in [0.15, 0.2) is 0 Å². The number of fused-ring (bicyclic) bond motifs is 2. The highest BCUT2D eigenvalue weighted by Gasteiger charge is 2.43. The summed E-state index contributed by atoms with van der Waals surface area (Å²) in [7, 11) is 0. The van der Waals surface area contributed by atoms with Crippen LogP contribution in [-0.2, 0) is 34.7 Å². The Morgan fingerprint density at radius 3 is 2.67 bits per heavy atom. The van der Waals surface area contributed by atoms with Gasteiger partial charge in [-0.15, -0.1) is 11.3 Å². The number of carbonyl (C=O) groups excluding carboxylic acids is 2. The molecule has 0 saturated carbocycles. The van der Waals surface area contributed by atoms with Gasteiger partial charge in [-0.2, -0.15) is 5.10 Å². The topological polar surface area (TPSA) is 119 Å². The molecule has 0 saturated heterocycles. The molecule has 2 aromatic rings. The standard InChI is InChI=1S/C18H22N4O4S/c1-17(2)5-8-11(14(19)23)16(27-13(8)18(3,4)26-17)20-15(24)12-9-6-25-7-10(9)21-22-12/h5-7H2,1-4H3,(H2,19,23)(H,20,24)(H,21,22). The number of carbonyl (C=O) groups is 2. The maximum atomic E-state index is 12.8. The molecule has 4 heterocycles. The van der Waals surface area contributed by atoms with Crippen LogP contribution in [0, 0.1) is 0 Å². The highest BCUT2D eigenvalue weighted by molar-refractivity contribution is 7.17. The molecular weight excluding hydrogens is 368 g/mol. The Morgan fingerprint density at radius 1 is 1.22 bits per heavy atom. The fourth-order valence-corrected chi connectivity index (χ4v) is 5.21. The van der Waals surface area contributed by atoms with E-state index in [0.717, 1.165) is 21.7 Å². The quantitative estimate of drug-likeness (QED) is 0.744. The van der Waals surface area contributed by atoms with Crippen molar-refractivity contribution in [2.45, 2.75) is 58.5 Å². The molecule has 0 spiro atoms. The molecule has 2 aliphatic heterocycles. The second kappa shape index (κ2) is 5.88. The van der Waals surface area contributed by atoms with Crippen LogP contribution in [0.4, 0.5) is 5.00 Å². The van der Waals surface area contributed by atoms with Crippen LogP contribution in [0.3, 0.4) is 0 Å². The molecule has 2 aliphatic rings. The molecule has 8 nitrogen and oxygen atoms in total. The number of hydrogen-bond donors (Lipinski definition) is 3. The average molecular weight is 390 g/mol. The lowest BCUT2D eigenvalue weighted by Gasteiger charge is -2.41. The fourth-order valence-electron chi connectivity index (χ4n) is 3.95. The van der Waals surface area contributed by atoms with Gasteiger partial charge in [0.25, 0.3) is 11.8 Å². The summed E-state index contributed by atoms with van der Waals surface area (Å²) in [6.45, 7) is 8.60. The molecule has 144 valence electrons. The van der Waals surface area contributed by atoms with Crippen LogP contribution in [0.2, 0.25) is 0 Å². The predicted octanol–water partition coefficient (Wildman–Crippen LogP) is 2.44. The van der Waals surface area contributed by atoms with E-state index in [0.29, 0.717) is 35.9 Å². The lowest BCUT2D eigenvalue weighted by molar-refractivity contribution is -0.135. The van der Waals surface area contributed by atoms with Gasteiger partial charge in [0.1, 0.15) is 10.7 Å². The fraction of sp³-hybridized carbons (Fsp3) is 0.500. The van der Waals surface area contributed by atoms with Gasteiger partial charge in [-0.05, 0) is 33.3 Å². The van der Waals surface area contributed by atoms with Crippen LogP contribution in [0.25, 0.3) is 0 Å². The van der Waals surface area contributed by atoms with E-state index in [1.807, 2.05) is 27.7 Å². The summed E-state index contributed by atoms with van der Waals surface area (Å²) in [4.78, 5) is 25.9. The predicted molar refractivity (Wildman–Crippen MR) is 99.8 cm³/mol. The first kappa shape index (κ1) is 18.1. The molecule has 4 N–H and O–H groups in total. The number of nitrogens with two attached hydrogens (primary N) is 1. The molecular formula is C18H22N4O4S. The Kier molecular flexibility index (Phi) is 3.95. The van der Waals surface area contributed by atoms with Crippen molar-refractivity contribution in [2.24, 2.45) is 5.73 Å². The normalized spacial score (nSPS) is 19.4. The number of ether oxygens (including phenoxy) is 2. The van der Waals surface area contributed by atoms with Crippen molar-refractivity contribution < 1.29 is 19.1 Å². The van der Waals surface area contributed by atoms with Crippen molar-refractivity contribution in [3.8, 4) is 0 Å². The summed E-state index contributed by atoms with van der Waals surface area (Å²) in [5.74, 6) is -0.928. The number of nitrogens with one attached hydrogen (secondary N) is 2. The number of amides is 2. The molecule has 0 unspecified atom stereocenters. The van der Waals surface area contributed by atoms with E-state index in [2.05, 4.69) is 15.5 Å². The summed E-state index contributed by atoms with van der Waals surface area (Å²) >= 11 is 1.33. The van der Waals surface area contributed by atoms with Gasteiger partial charge in [0.15, 0.2) is 0 Å². The Labute approximate surface area is 160 Å². The van der Waals surface area contributed by atoms with Gasteiger partial charge in [0.05, 0.1) is 35.7 Å². The number of H-pyrrole nitrogens is 1. The van der Waals surface area contributed by atoms with E-state index in [1.165, 1.54) is 11.3 Å². The maximum Gasteiger partial charge on any atom is 0.274 e. The number of primary amides is 1. The first-order valence-electron chi connectivity index (χ1n) is 8.70. The van der Waals surface area contributed by atoms with E-state index in [4.69, 9.17) is 15.2 Å². The van der Waals surface area contributed by atoms with Gasteiger partial charge >= 0.3 is 0 Å². The zero-order chi connectivity index (χ0) is 19.6. The number of nitrogens with zero attached hydrogens (tertiary/aromatic N) is 1. The summed E-state index contributed by atoms with van der Waals surface area (Å²) in [5.41, 5.74) is 7.70.